The molecule has 3 nitrogen and oxygen atoms in total. The van der Waals surface area contributed by atoms with Crippen LogP contribution in [0.2, 0.25) is 0 Å². The quantitative estimate of drug-likeness (QED) is 0.649. The lowest BCUT2D eigenvalue weighted by molar-refractivity contribution is 0.0415. The van der Waals surface area contributed by atoms with Crippen LogP contribution in [0.25, 0.3) is 0 Å². The molecule has 13 heavy (non-hydrogen) atoms. The summed E-state index contributed by atoms with van der Waals surface area (Å²) in [4.78, 5) is 0. The average Bonchev–Trinajstić information content (AvgIpc) is 2.64. The minimum atomic E-state index is -0.347. The molecule has 1 fully saturated rings. The standard InChI is InChI=1S/C10H21NO2/c1-2-13-8-10(12)7-11-9-5-3-4-6-9/h9-12H,2-8H2,1H3. The fourth-order valence-corrected chi connectivity index (χ4v) is 1.75. The predicted octanol–water partition coefficient (Wildman–Crippen LogP) is 0.916. The molecular formula is C10H21NO2. The van der Waals surface area contributed by atoms with E-state index in [2.05, 4.69) is 5.32 Å². The highest BCUT2D eigenvalue weighted by Gasteiger charge is 2.15. The average molecular weight is 187 g/mol. The number of rotatable bonds is 6. The van der Waals surface area contributed by atoms with Crippen LogP contribution in [-0.4, -0.2) is 37.0 Å². The molecule has 1 rings (SSSR count). The summed E-state index contributed by atoms with van der Waals surface area (Å²) in [6.07, 6.45) is 4.85. The van der Waals surface area contributed by atoms with Crippen LogP contribution in [0.1, 0.15) is 32.6 Å². The number of hydrogen-bond acceptors (Lipinski definition) is 3. The van der Waals surface area contributed by atoms with E-state index in [0.717, 1.165) is 0 Å². The molecule has 0 aliphatic heterocycles. The summed E-state index contributed by atoms with van der Waals surface area (Å²) in [5.41, 5.74) is 0. The lowest BCUT2D eigenvalue weighted by Crippen LogP contribution is -2.36. The summed E-state index contributed by atoms with van der Waals surface area (Å²) in [7, 11) is 0. The van der Waals surface area contributed by atoms with Crippen molar-refractivity contribution in [2.24, 2.45) is 0 Å². The van der Waals surface area contributed by atoms with Crippen LogP contribution >= 0.6 is 0 Å². The van der Waals surface area contributed by atoms with Crippen molar-refractivity contribution in [1.82, 2.24) is 5.32 Å². The summed E-state index contributed by atoms with van der Waals surface area (Å²) in [6.45, 7) is 3.75. The Kier molecular flexibility index (Phi) is 5.35. The van der Waals surface area contributed by atoms with Gasteiger partial charge in [0.25, 0.3) is 0 Å². The molecule has 0 aromatic carbocycles. The summed E-state index contributed by atoms with van der Waals surface area (Å²) >= 11 is 0. The number of aliphatic hydroxyl groups excluding tert-OH is 1. The molecule has 0 bridgehead atoms. The molecule has 0 saturated heterocycles. The van der Waals surface area contributed by atoms with Crippen molar-refractivity contribution in [2.75, 3.05) is 19.8 Å². The van der Waals surface area contributed by atoms with Crippen LogP contribution in [0.3, 0.4) is 0 Å². The SMILES string of the molecule is CCOCC(O)CNC1CCCC1. The fourth-order valence-electron chi connectivity index (χ4n) is 1.75. The zero-order chi connectivity index (χ0) is 9.52. The molecule has 1 saturated carbocycles. The molecule has 0 amide bonds. The first-order valence-corrected chi connectivity index (χ1v) is 5.32. The van der Waals surface area contributed by atoms with Gasteiger partial charge in [-0.05, 0) is 19.8 Å². The maximum atomic E-state index is 9.45. The topological polar surface area (TPSA) is 41.5 Å². The molecule has 3 heteroatoms. The molecule has 0 spiro atoms. The van der Waals surface area contributed by atoms with E-state index in [1.54, 1.807) is 0 Å². The minimum Gasteiger partial charge on any atom is -0.389 e. The first-order chi connectivity index (χ1) is 6.33. The molecule has 78 valence electrons. The van der Waals surface area contributed by atoms with Crippen LogP contribution in [0.15, 0.2) is 0 Å². The lowest BCUT2D eigenvalue weighted by atomic mass is 10.2. The third-order valence-electron chi connectivity index (χ3n) is 2.51. The van der Waals surface area contributed by atoms with Gasteiger partial charge in [0.05, 0.1) is 12.7 Å². The number of hydrogen-bond donors (Lipinski definition) is 2. The third-order valence-corrected chi connectivity index (χ3v) is 2.51. The van der Waals surface area contributed by atoms with Gasteiger partial charge in [-0.1, -0.05) is 12.8 Å². The Morgan fingerprint density at radius 3 is 2.77 bits per heavy atom. The predicted molar refractivity (Wildman–Crippen MR) is 52.8 cm³/mol. The Labute approximate surface area is 80.5 Å². The molecule has 2 N–H and O–H groups in total. The van der Waals surface area contributed by atoms with E-state index in [1.807, 2.05) is 6.92 Å². The highest BCUT2D eigenvalue weighted by molar-refractivity contribution is 4.74. The monoisotopic (exact) mass is 187 g/mol. The first-order valence-electron chi connectivity index (χ1n) is 5.32. The summed E-state index contributed by atoms with van der Waals surface area (Å²) in [5.74, 6) is 0. The summed E-state index contributed by atoms with van der Waals surface area (Å²) in [5, 5.41) is 12.8. The summed E-state index contributed by atoms with van der Waals surface area (Å²) < 4.78 is 5.12. The summed E-state index contributed by atoms with van der Waals surface area (Å²) in [6, 6.07) is 0.635. The van der Waals surface area contributed by atoms with E-state index in [-0.39, 0.29) is 6.10 Å². The third kappa shape index (κ3) is 4.60. The van der Waals surface area contributed by atoms with Gasteiger partial charge in [-0.15, -0.1) is 0 Å². The maximum Gasteiger partial charge on any atom is 0.0897 e. The molecule has 1 aliphatic carbocycles. The van der Waals surface area contributed by atoms with Gasteiger partial charge in [-0.2, -0.15) is 0 Å². The van der Waals surface area contributed by atoms with Crippen LogP contribution in [0, 0.1) is 0 Å². The van der Waals surface area contributed by atoms with Gasteiger partial charge in [0, 0.05) is 19.2 Å². The maximum absolute atomic E-state index is 9.45. The highest BCUT2D eigenvalue weighted by atomic mass is 16.5. The molecule has 1 unspecified atom stereocenters. The van der Waals surface area contributed by atoms with E-state index in [1.165, 1.54) is 25.7 Å². The minimum absolute atomic E-state index is 0.347. The van der Waals surface area contributed by atoms with Crippen molar-refractivity contribution in [3.63, 3.8) is 0 Å². The Morgan fingerprint density at radius 2 is 2.15 bits per heavy atom. The van der Waals surface area contributed by atoms with Crippen molar-refractivity contribution in [3.8, 4) is 0 Å². The molecule has 0 radical (unpaired) electrons. The molecule has 0 aromatic rings. The normalized spacial score (nSPS) is 20.8. The largest absolute Gasteiger partial charge is 0.389 e. The fraction of sp³-hybridized carbons (Fsp3) is 1.00. The van der Waals surface area contributed by atoms with E-state index in [4.69, 9.17) is 4.74 Å². The van der Waals surface area contributed by atoms with Gasteiger partial charge in [0.2, 0.25) is 0 Å². The van der Waals surface area contributed by atoms with Gasteiger partial charge in [-0.25, -0.2) is 0 Å². The van der Waals surface area contributed by atoms with Crippen molar-refractivity contribution in [1.29, 1.82) is 0 Å². The van der Waals surface area contributed by atoms with Gasteiger partial charge in [-0.3, -0.25) is 0 Å². The Balaban J connectivity index is 1.97. The van der Waals surface area contributed by atoms with Crippen LogP contribution in [-0.2, 0) is 4.74 Å². The van der Waals surface area contributed by atoms with Crippen molar-refractivity contribution in [3.05, 3.63) is 0 Å². The van der Waals surface area contributed by atoms with Gasteiger partial charge < -0.3 is 15.2 Å². The zero-order valence-electron chi connectivity index (χ0n) is 8.46. The smallest absolute Gasteiger partial charge is 0.0897 e. The van der Waals surface area contributed by atoms with Crippen molar-refractivity contribution in [2.45, 2.75) is 44.8 Å². The van der Waals surface area contributed by atoms with E-state index in [0.29, 0.717) is 25.8 Å². The van der Waals surface area contributed by atoms with Gasteiger partial charge in [0.1, 0.15) is 0 Å². The van der Waals surface area contributed by atoms with Crippen LogP contribution < -0.4 is 5.32 Å². The zero-order valence-corrected chi connectivity index (χ0v) is 8.46. The van der Waals surface area contributed by atoms with Gasteiger partial charge in [0.15, 0.2) is 0 Å². The first kappa shape index (κ1) is 11.0. The molecule has 0 aromatic heterocycles. The second-order valence-electron chi connectivity index (χ2n) is 3.70. The van der Waals surface area contributed by atoms with Gasteiger partial charge >= 0.3 is 0 Å². The van der Waals surface area contributed by atoms with Crippen molar-refractivity contribution < 1.29 is 9.84 Å². The molecule has 1 aliphatic rings. The Morgan fingerprint density at radius 1 is 1.46 bits per heavy atom. The second-order valence-corrected chi connectivity index (χ2v) is 3.70. The van der Waals surface area contributed by atoms with E-state index >= 15 is 0 Å². The highest BCUT2D eigenvalue weighted by Crippen LogP contribution is 2.17. The molecule has 1 atom stereocenters. The van der Waals surface area contributed by atoms with Crippen LogP contribution in [0.4, 0.5) is 0 Å². The van der Waals surface area contributed by atoms with E-state index < -0.39 is 0 Å². The number of nitrogens with one attached hydrogen (secondary N) is 1. The Bertz CT molecular complexity index is 124. The van der Waals surface area contributed by atoms with Crippen LogP contribution in [0.5, 0.6) is 0 Å². The number of ether oxygens (including phenoxy) is 1. The van der Waals surface area contributed by atoms with Crippen molar-refractivity contribution >= 4 is 0 Å². The second kappa shape index (κ2) is 6.35. The molecular weight excluding hydrogens is 166 g/mol. The number of aliphatic hydroxyl groups is 1. The Hall–Kier alpha value is -0.120. The molecule has 0 heterocycles. The lowest BCUT2D eigenvalue weighted by Gasteiger charge is -2.15. The van der Waals surface area contributed by atoms with E-state index in [9.17, 15) is 5.11 Å².